The van der Waals surface area contributed by atoms with Crippen LogP contribution in [0.2, 0.25) is 0 Å². The first-order valence-corrected chi connectivity index (χ1v) is 9.91. The normalized spacial score (nSPS) is 11.8. The van der Waals surface area contributed by atoms with Crippen LogP contribution in [0.5, 0.6) is 0 Å². The fourth-order valence-electron chi connectivity index (χ4n) is 3.04. The van der Waals surface area contributed by atoms with Crippen LogP contribution in [0.25, 0.3) is 0 Å². The number of hydrogen-bond acceptors (Lipinski definition) is 4. The van der Waals surface area contributed by atoms with Crippen LogP contribution >= 0.6 is 24.0 Å². The summed E-state index contributed by atoms with van der Waals surface area (Å²) in [6.07, 6.45) is -0.289. The molecule has 0 bridgehead atoms. The Hall–Kier alpha value is -2.57. The van der Waals surface area contributed by atoms with Crippen molar-refractivity contribution in [1.29, 1.82) is 0 Å². The number of rotatable bonds is 8. The molecule has 32 heavy (non-hydrogen) atoms. The van der Waals surface area contributed by atoms with Crippen molar-refractivity contribution in [2.75, 3.05) is 13.6 Å². The van der Waals surface area contributed by atoms with Crippen molar-refractivity contribution in [3.05, 3.63) is 71.7 Å². The Kier molecular flexibility index (Phi) is 9.54. The van der Waals surface area contributed by atoms with E-state index in [0.29, 0.717) is 37.9 Å². The summed E-state index contributed by atoms with van der Waals surface area (Å²) in [6, 6.07) is 8.77. The number of halogens is 4. The summed E-state index contributed by atoms with van der Waals surface area (Å²) in [7, 11) is 1.84. The molecule has 0 unspecified atom stereocenters. The Morgan fingerprint density at radius 3 is 2.59 bits per heavy atom. The van der Waals surface area contributed by atoms with Crippen molar-refractivity contribution in [3.8, 4) is 0 Å². The van der Waals surface area contributed by atoms with Gasteiger partial charge in [-0.2, -0.15) is 13.2 Å². The largest absolute Gasteiger partial charge is 0.467 e. The van der Waals surface area contributed by atoms with E-state index in [9.17, 15) is 13.2 Å². The molecule has 3 rings (SSSR count). The molecule has 1 N–H and O–H groups in total. The minimum atomic E-state index is -4.35. The van der Waals surface area contributed by atoms with Crippen LogP contribution in [0.1, 0.15) is 29.6 Å². The monoisotopic (exact) mass is 562 g/mol. The third-order valence-electron chi connectivity index (χ3n) is 4.68. The SMILES string of the molecule is CCc1nncn1CCNC(=NCc1ccco1)N(C)Cc1ccc(C(F)(F)F)cc1.I. The van der Waals surface area contributed by atoms with Gasteiger partial charge >= 0.3 is 6.18 Å². The number of furan rings is 1. The molecule has 0 saturated carbocycles. The maximum atomic E-state index is 12.8. The van der Waals surface area contributed by atoms with Gasteiger partial charge in [0.25, 0.3) is 0 Å². The lowest BCUT2D eigenvalue weighted by Crippen LogP contribution is -2.40. The highest BCUT2D eigenvalue weighted by atomic mass is 127. The Labute approximate surface area is 201 Å². The Bertz CT molecular complexity index is 970. The van der Waals surface area contributed by atoms with Crippen LogP contribution in [-0.2, 0) is 32.2 Å². The minimum absolute atomic E-state index is 0. The molecule has 2 aromatic heterocycles. The molecule has 2 heterocycles. The van der Waals surface area contributed by atoms with Gasteiger partial charge in [0.2, 0.25) is 0 Å². The van der Waals surface area contributed by atoms with E-state index in [1.165, 1.54) is 12.1 Å². The first kappa shape index (κ1) is 25.7. The van der Waals surface area contributed by atoms with Gasteiger partial charge in [0.1, 0.15) is 24.5 Å². The van der Waals surface area contributed by atoms with E-state index in [2.05, 4.69) is 20.5 Å². The van der Waals surface area contributed by atoms with Crippen molar-refractivity contribution >= 4 is 29.9 Å². The van der Waals surface area contributed by atoms with Gasteiger partial charge in [-0.1, -0.05) is 19.1 Å². The molecule has 0 fully saturated rings. The highest BCUT2D eigenvalue weighted by Crippen LogP contribution is 2.29. The fraction of sp³-hybridized carbons (Fsp3) is 0.381. The van der Waals surface area contributed by atoms with Crippen molar-refractivity contribution in [3.63, 3.8) is 0 Å². The lowest BCUT2D eigenvalue weighted by atomic mass is 10.1. The van der Waals surface area contributed by atoms with Gasteiger partial charge in [0.15, 0.2) is 5.96 Å². The fourth-order valence-corrected chi connectivity index (χ4v) is 3.04. The average molecular weight is 562 g/mol. The second-order valence-electron chi connectivity index (χ2n) is 6.99. The van der Waals surface area contributed by atoms with E-state index in [4.69, 9.17) is 4.42 Å². The lowest BCUT2D eigenvalue weighted by molar-refractivity contribution is -0.137. The van der Waals surface area contributed by atoms with Gasteiger partial charge in [-0.25, -0.2) is 4.99 Å². The standard InChI is InChI=1S/C21H25F3N6O.HI/c1-3-19-28-27-15-30(19)11-10-25-20(26-13-18-5-4-12-31-18)29(2)14-16-6-8-17(9-7-16)21(22,23)24;/h4-9,12,15H,3,10-11,13-14H2,1-2H3,(H,25,26);1H. The number of aromatic nitrogens is 3. The van der Waals surface area contributed by atoms with Crippen LogP contribution < -0.4 is 5.32 Å². The molecule has 11 heteroatoms. The van der Waals surface area contributed by atoms with E-state index >= 15 is 0 Å². The average Bonchev–Trinajstić information content (AvgIpc) is 3.41. The van der Waals surface area contributed by atoms with Gasteiger partial charge in [0.05, 0.1) is 11.8 Å². The molecule has 0 atom stereocenters. The highest BCUT2D eigenvalue weighted by molar-refractivity contribution is 14.0. The number of alkyl halides is 3. The summed E-state index contributed by atoms with van der Waals surface area (Å²) in [6.45, 7) is 4.00. The summed E-state index contributed by atoms with van der Waals surface area (Å²) < 4.78 is 45.7. The van der Waals surface area contributed by atoms with Crippen molar-refractivity contribution in [1.82, 2.24) is 25.0 Å². The molecule has 7 nitrogen and oxygen atoms in total. The van der Waals surface area contributed by atoms with Crippen LogP contribution in [0.4, 0.5) is 13.2 Å². The van der Waals surface area contributed by atoms with Gasteiger partial charge in [-0.3, -0.25) is 0 Å². The molecule has 174 valence electrons. The molecule has 3 aromatic rings. The third kappa shape index (κ3) is 7.24. The molecule has 0 spiro atoms. The van der Waals surface area contributed by atoms with Gasteiger partial charge in [0, 0.05) is 33.1 Å². The number of aliphatic imine (C=N–C) groups is 1. The number of aryl methyl sites for hydroxylation is 1. The van der Waals surface area contributed by atoms with Crippen molar-refractivity contribution in [2.45, 2.75) is 39.2 Å². The molecular formula is C21H26F3IN6O. The Balaban J connectivity index is 0.00000363. The van der Waals surface area contributed by atoms with Gasteiger partial charge in [-0.15, -0.1) is 34.2 Å². The third-order valence-corrected chi connectivity index (χ3v) is 4.68. The molecule has 0 saturated heterocycles. The van der Waals surface area contributed by atoms with E-state index in [1.807, 2.05) is 29.5 Å². The minimum Gasteiger partial charge on any atom is -0.467 e. The molecule has 0 aliphatic carbocycles. The molecule has 0 aliphatic heterocycles. The molecule has 0 aliphatic rings. The van der Waals surface area contributed by atoms with Gasteiger partial charge < -0.3 is 19.2 Å². The first-order valence-electron chi connectivity index (χ1n) is 9.91. The summed E-state index contributed by atoms with van der Waals surface area (Å²) in [5, 5.41) is 11.3. The quantitative estimate of drug-likeness (QED) is 0.251. The number of nitrogens with zero attached hydrogens (tertiary/aromatic N) is 5. The second kappa shape index (κ2) is 11.9. The Morgan fingerprint density at radius 1 is 1.22 bits per heavy atom. The van der Waals surface area contributed by atoms with Crippen LogP contribution in [0, 0.1) is 0 Å². The van der Waals surface area contributed by atoms with Crippen molar-refractivity contribution in [2.24, 2.45) is 4.99 Å². The predicted octanol–water partition coefficient (Wildman–Crippen LogP) is 4.35. The summed E-state index contributed by atoms with van der Waals surface area (Å²) in [4.78, 5) is 6.46. The molecule has 0 radical (unpaired) electrons. The van der Waals surface area contributed by atoms with E-state index in [0.717, 1.165) is 29.9 Å². The van der Waals surface area contributed by atoms with Gasteiger partial charge in [-0.05, 0) is 29.8 Å². The van der Waals surface area contributed by atoms with Crippen molar-refractivity contribution < 1.29 is 17.6 Å². The lowest BCUT2D eigenvalue weighted by Gasteiger charge is -2.23. The zero-order valence-corrected chi connectivity index (χ0v) is 20.2. The molecular weight excluding hydrogens is 536 g/mol. The van der Waals surface area contributed by atoms with E-state index < -0.39 is 11.7 Å². The van der Waals surface area contributed by atoms with E-state index in [-0.39, 0.29) is 24.0 Å². The molecule has 0 amide bonds. The summed E-state index contributed by atoms with van der Waals surface area (Å²) in [5.74, 6) is 2.23. The number of nitrogens with one attached hydrogen (secondary N) is 1. The zero-order chi connectivity index (χ0) is 22.3. The zero-order valence-electron chi connectivity index (χ0n) is 17.8. The highest BCUT2D eigenvalue weighted by Gasteiger charge is 2.29. The maximum absolute atomic E-state index is 12.8. The number of hydrogen-bond donors (Lipinski definition) is 1. The smallest absolute Gasteiger partial charge is 0.416 e. The molecule has 1 aromatic carbocycles. The second-order valence-corrected chi connectivity index (χ2v) is 6.99. The van der Waals surface area contributed by atoms with Crippen LogP contribution in [-0.4, -0.2) is 39.2 Å². The summed E-state index contributed by atoms with van der Waals surface area (Å²) in [5.41, 5.74) is 0.0829. The maximum Gasteiger partial charge on any atom is 0.416 e. The predicted molar refractivity (Wildman–Crippen MR) is 126 cm³/mol. The van der Waals surface area contributed by atoms with Crippen LogP contribution in [0.15, 0.2) is 58.4 Å². The first-order chi connectivity index (χ1) is 14.9. The van der Waals surface area contributed by atoms with E-state index in [1.54, 1.807) is 18.7 Å². The topological polar surface area (TPSA) is 71.5 Å². The number of guanidine groups is 1. The van der Waals surface area contributed by atoms with Crippen LogP contribution in [0.3, 0.4) is 0 Å². The Morgan fingerprint density at radius 2 is 1.97 bits per heavy atom. The number of benzene rings is 1. The summed E-state index contributed by atoms with van der Waals surface area (Å²) >= 11 is 0.